The van der Waals surface area contributed by atoms with Crippen LogP contribution in [-0.2, 0) is 0 Å². The Bertz CT molecular complexity index is 69.3. The van der Waals surface area contributed by atoms with E-state index in [1.165, 1.54) is 6.42 Å². The van der Waals surface area contributed by atoms with Crippen molar-refractivity contribution in [2.45, 2.75) is 36.8 Å². The first-order chi connectivity index (χ1) is 4.04. The second kappa shape index (κ2) is 4.73. The minimum Gasteiger partial charge on any atom is -0.0882 e. The van der Waals surface area contributed by atoms with Gasteiger partial charge in [0.25, 0.3) is 0 Å². The van der Waals surface area contributed by atoms with Gasteiger partial charge < -0.3 is 0 Å². The first kappa shape index (κ1) is 9.96. The third kappa shape index (κ3) is 5.41. The largest absolute Gasteiger partial charge is 0.0882 e. The maximum Gasteiger partial charge on any atom is 0.0270 e. The molecule has 0 nitrogen and oxygen atoms in total. The van der Waals surface area contributed by atoms with Crippen LogP contribution in [0.4, 0.5) is 0 Å². The van der Waals surface area contributed by atoms with Gasteiger partial charge in [0.15, 0.2) is 0 Å². The average molecular weight is 258 g/mol. The lowest BCUT2D eigenvalue weighted by atomic mass is 10.1. The normalized spacial score (nSPS) is 18.0. The summed E-state index contributed by atoms with van der Waals surface area (Å²) in [6.07, 6.45) is 1.24. The number of hydrogen-bond acceptors (Lipinski definition) is 0. The van der Waals surface area contributed by atoms with E-state index >= 15 is 0 Å². The topological polar surface area (TPSA) is 0 Å². The lowest BCUT2D eigenvalue weighted by molar-refractivity contribution is 0.572. The minimum atomic E-state index is 0.583. The highest BCUT2D eigenvalue weighted by atomic mass is 79.9. The Morgan fingerprint density at radius 1 is 1.11 bits per heavy atom. The predicted molar refractivity (Wildman–Crippen MR) is 50.6 cm³/mol. The van der Waals surface area contributed by atoms with Gasteiger partial charge in [-0.25, -0.2) is 0 Å². The number of halogens is 2. The van der Waals surface area contributed by atoms with Gasteiger partial charge >= 0.3 is 0 Å². The number of rotatable bonds is 3. The van der Waals surface area contributed by atoms with Gasteiger partial charge in [-0.05, 0) is 12.3 Å². The molecule has 0 aliphatic carbocycles. The van der Waals surface area contributed by atoms with Gasteiger partial charge in [-0.3, -0.25) is 0 Å². The smallest absolute Gasteiger partial charge is 0.0270 e. The molecular weight excluding hydrogens is 244 g/mol. The molecule has 0 fully saturated rings. The first-order valence-corrected chi connectivity index (χ1v) is 5.15. The second-order valence-corrected chi connectivity index (χ2v) is 5.44. The molecule has 0 bridgehead atoms. The van der Waals surface area contributed by atoms with Crippen molar-refractivity contribution >= 4 is 31.9 Å². The van der Waals surface area contributed by atoms with Gasteiger partial charge in [0.05, 0.1) is 0 Å². The van der Waals surface area contributed by atoms with Gasteiger partial charge in [-0.1, -0.05) is 52.6 Å². The quantitative estimate of drug-likeness (QED) is 0.678. The molecule has 0 saturated carbocycles. The van der Waals surface area contributed by atoms with E-state index in [1.54, 1.807) is 0 Å². The monoisotopic (exact) mass is 256 g/mol. The summed E-state index contributed by atoms with van der Waals surface area (Å²) < 4.78 is 0. The fourth-order valence-corrected chi connectivity index (χ4v) is 1.60. The van der Waals surface area contributed by atoms with Crippen molar-refractivity contribution in [3.05, 3.63) is 0 Å². The molecule has 0 rings (SSSR count). The van der Waals surface area contributed by atoms with Crippen molar-refractivity contribution in [1.82, 2.24) is 0 Å². The molecule has 0 N–H and O–H groups in total. The molecule has 9 heavy (non-hydrogen) atoms. The highest BCUT2D eigenvalue weighted by Crippen LogP contribution is 2.20. The van der Waals surface area contributed by atoms with Crippen LogP contribution in [0, 0.1) is 5.92 Å². The van der Waals surface area contributed by atoms with Crippen LogP contribution in [0.15, 0.2) is 0 Å². The Morgan fingerprint density at radius 3 is 1.67 bits per heavy atom. The molecule has 2 heteroatoms. The molecule has 0 aromatic carbocycles. The molecule has 2 atom stereocenters. The molecule has 0 radical (unpaired) electrons. The van der Waals surface area contributed by atoms with Crippen molar-refractivity contribution in [2.75, 3.05) is 0 Å². The van der Waals surface area contributed by atoms with Gasteiger partial charge in [-0.2, -0.15) is 0 Å². The molecule has 0 saturated heterocycles. The molecule has 0 aromatic heterocycles. The average Bonchev–Trinajstić information content (AvgIpc) is 1.63. The summed E-state index contributed by atoms with van der Waals surface area (Å²) in [7, 11) is 0. The SMILES string of the molecule is CC(C)CC(Br)C(C)Br. The number of alkyl halides is 2. The lowest BCUT2D eigenvalue weighted by Crippen LogP contribution is -2.12. The Kier molecular flexibility index (Phi) is 5.23. The Hall–Kier alpha value is 0.960. The van der Waals surface area contributed by atoms with E-state index in [4.69, 9.17) is 0 Å². The summed E-state index contributed by atoms with van der Waals surface area (Å²) >= 11 is 7.12. The van der Waals surface area contributed by atoms with E-state index in [-0.39, 0.29) is 0 Å². The molecule has 2 unspecified atom stereocenters. The van der Waals surface area contributed by atoms with E-state index in [9.17, 15) is 0 Å². The van der Waals surface area contributed by atoms with Gasteiger partial charge in [-0.15, -0.1) is 0 Å². The van der Waals surface area contributed by atoms with Crippen LogP contribution in [-0.4, -0.2) is 9.65 Å². The fourth-order valence-electron chi connectivity index (χ4n) is 0.638. The van der Waals surface area contributed by atoms with Crippen LogP contribution in [0.25, 0.3) is 0 Å². The fraction of sp³-hybridized carbons (Fsp3) is 1.00. The van der Waals surface area contributed by atoms with E-state index < -0.39 is 0 Å². The van der Waals surface area contributed by atoms with Crippen LogP contribution in [0.3, 0.4) is 0 Å². The molecule has 0 amide bonds. The van der Waals surface area contributed by atoms with Crippen molar-refractivity contribution in [1.29, 1.82) is 0 Å². The maximum absolute atomic E-state index is 3.60. The summed E-state index contributed by atoms with van der Waals surface area (Å²) in [5.41, 5.74) is 0. The standard InChI is InChI=1S/C7H14Br2/c1-5(2)4-7(9)6(3)8/h5-7H,4H2,1-3H3. The Labute approximate surface area is 74.7 Å². The predicted octanol–water partition coefficient (Wildman–Crippen LogP) is 3.58. The Balaban J connectivity index is 3.38. The third-order valence-corrected chi connectivity index (χ3v) is 3.71. The zero-order valence-corrected chi connectivity index (χ0v) is 9.37. The van der Waals surface area contributed by atoms with Crippen LogP contribution < -0.4 is 0 Å². The van der Waals surface area contributed by atoms with E-state index in [0.717, 1.165) is 5.92 Å². The third-order valence-electron chi connectivity index (χ3n) is 1.19. The van der Waals surface area contributed by atoms with E-state index in [1.807, 2.05) is 0 Å². The summed E-state index contributed by atoms with van der Waals surface area (Å²) in [5, 5.41) is 0. The van der Waals surface area contributed by atoms with Crippen molar-refractivity contribution in [3.63, 3.8) is 0 Å². The molecule has 0 spiro atoms. The summed E-state index contributed by atoms with van der Waals surface area (Å²) in [5.74, 6) is 0.786. The second-order valence-electron chi connectivity index (χ2n) is 2.82. The van der Waals surface area contributed by atoms with Gasteiger partial charge in [0, 0.05) is 9.65 Å². The van der Waals surface area contributed by atoms with Crippen LogP contribution >= 0.6 is 31.9 Å². The zero-order valence-electron chi connectivity index (χ0n) is 6.20. The van der Waals surface area contributed by atoms with E-state index in [2.05, 4.69) is 52.6 Å². The molecule has 0 aliphatic rings. The summed E-state index contributed by atoms with van der Waals surface area (Å²) in [6.45, 7) is 6.65. The van der Waals surface area contributed by atoms with Crippen LogP contribution in [0.1, 0.15) is 27.2 Å². The molecular formula is C7H14Br2. The lowest BCUT2D eigenvalue weighted by Gasteiger charge is -2.13. The molecule has 0 aromatic rings. The molecule has 0 aliphatic heterocycles. The van der Waals surface area contributed by atoms with Gasteiger partial charge in [0.1, 0.15) is 0 Å². The highest BCUT2D eigenvalue weighted by molar-refractivity contribution is 9.12. The zero-order chi connectivity index (χ0) is 7.44. The van der Waals surface area contributed by atoms with Crippen molar-refractivity contribution in [2.24, 2.45) is 5.92 Å². The Morgan fingerprint density at radius 2 is 1.56 bits per heavy atom. The van der Waals surface area contributed by atoms with Crippen molar-refractivity contribution < 1.29 is 0 Å². The minimum absolute atomic E-state index is 0.583. The van der Waals surface area contributed by atoms with Crippen LogP contribution in [0.5, 0.6) is 0 Å². The highest BCUT2D eigenvalue weighted by Gasteiger charge is 2.11. The summed E-state index contributed by atoms with van der Waals surface area (Å²) in [4.78, 5) is 1.21. The maximum atomic E-state index is 3.60. The van der Waals surface area contributed by atoms with Crippen molar-refractivity contribution in [3.8, 4) is 0 Å². The van der Waals surface area contributed by atoms with Crippen LogP contribution in [0.2, 0.25) is 0 Å². The molecule has 0 heterocycles. The first-order valence-electron chi connectivity index (χ1n) is 3.32. The van der Waals surface area contributed by atoms with E-state index in [0.29, 0.717) is 9.65 Å². The van der Waals surface area contributed by atoms with Gasteiger partial charge in [0.2, 0.25) is 0 Å². The molecule has 56 valence electrons. The number of hydrogen-bond donors (Lipinski definition) is 0. The summed E-state index contributed by atoms with van der Waals surface area (Å²) in [6, 6.07) is 0.